The number of aliphatic carboxylic acids is 1. The van der Waals surface area contributed by atoms with E-state index in [1.165, 1.54) is 0 Å². The summed E-state index contributed by atoms with van der Waals surface area (Å²) in [5, 5.41) is 12.1. The first-order chi connectivity index (χ1) is 11.7. The molecule has 4 N–H and O–H groups in total. The predicted molar refractivity (Wildman–Crippen MR) is 86.3 cm³/mol. The van der Waals surface area contributed by atoms with Crippen LogP contribution in [0.4, 0.5) is 18.0 Å². The lowest BCUT2D eigenvalue weighted by Crippen LogP contribution is -2.77. The number of ether oxygens (including phenoxy) is 1. The van der Waals surface area contributed by atoms with Crippen molar-refractivity contribution < 1.29 is 32.6 Å². The molecule has 0 radical (unpaired) electrons. The Bertz CT molecular complexity index is 712. The lowest BCUT2D eigenvalue weighted by molar-refractivity contribution is -0.154. The number of carboxylic acid groups (broad SMARTS) is 1. The van der Waals surface area contributed by atoms with Crippen LogP contribution in [0.1, 0.15) is 44.7 Å². The van der Waals surface area contributed by atoms with Crippen molar-refractivity contribution in [3.05, 3.63) is 35.4 Å². The number of hydrogen-bond donors (Lipinski definition) is 3. The van der Waals surface area contributed by atoms with Gasteiger partial charge in [0, 0.05) is 0 Å². The maximum Gasteiger partial charge on any atom is 0.416 e. The molecule has 0 aliphatic heterocycles. The van der Waals surface area contributed by atoms with Crippen LogP contribution >= 0.6 is 0 Å². The molecule has 0 aromatic heterocycles. The molecule has 0 bridgehead atoms. The van der Waals surface area contributed by atoms with Gasteiger partial charge in [-0.2, -0.15) is 13.2 Å². The molecule has 2 rings (SSSR count). The molecule has 1 fully saturated rings. The zero-order valence-electron chi connectivity index (χ0n) is 14.6. The number of carbonyl (C=O) groups is 2. The van der Waals surface area contributed by atoms with Gasteiger partial charge in [0.1, 0.15) is 16.7 Å². The van der Waals surface area contributed by atoms with E-state index in [0.717, 1.165) is 24.3 Å². The molecule has 144 valence electrons. The Morgan fingerprint density at radius 2 is 1.69 bits per heavy atom. The van der Waals surface area contributed by atoms with Gasteiger partial charge in [-0.1, -0.05) is 12.1 Å². The first-order valence-electron chi connectivity index (χ1n) is 7.92. The summed E-state index contributed by atoms with van der Waals surface area (Å²) >= 11 is 0. The Labute approximate surface area is 148 Å². The molecular weight excluding hydrogens is 353 g/mol. The molecule has 0 spiro atoms. The molecule has 1 amide bonds. The summed E-state index contributed by atoms with van der Waals surface area (Å²) in [5.41, 5.74) is 1.09. The topological polar surface area (TPSA) is 102 Å². The number of carboxylic acids is 1. The van der Waals surface area contributed by atoms with Gasteiger partial charge < -0.3 is 20.9 Å². The van der Waals surface area contributed by atoms with Crippen LogP contribution in [0.2, 0.25) is 0 Å². The minimum Gasteiger partial charge on any atom is -0.480 e. The van der Waals surface area contributed by atoms with Crippen molar-refractivity contribution in [2.45, 2.75) is 56.5 Å². The van der Waals surface area contributed by atoms with E-state index in [2.05, 4.69) is 5.32 Å². The van der Waals surface area contributed by atoms with Gasteiger partial charge in [0.15, 0.2) is 0 Å². The fraction of sp³-hybridized carbons (Fsp3) is 0.529. The van der Waals surface area contributed by atoms with Gasteiger partial charge >= 0.3 is 18.2 Å². The number of halogens is 3. The van der Waals surface area contributed by atoms with Crippen molar-refractivity contribution in [2.24, 2.45) is 5.73 Å². The fourth-order valence-electron chi connectivity index (χ4n) is 3.07. The number of carbonyl (C=O) groups excluding carboxylic acids is 1. The van der Waals surface area contributed by atoms with Crippen LogP contribution < -0.4 is 11.1 Å². The number of benzene rings is 1. The Kier molecular flexibility index (Phi) is 4.74. The summed E-state index contributed by atoms with van der Waals surface area (Å²) in [6.07, 6.45) is -5.22. The lowest BCUT2D eigenvalue weighted by atomic mass is 9.56. The molecular formula is C17H21F3N2O4. The summed E-state index contributed by atoms with van der Waals surface area (Å²) in [6.45, 7) is 4.91. The number of nitrogens with two attached hydrogens (primary N) is 1. The largest absolute Gasteiger partial charge is 0.480 e. The van der Waals surface area contributed by atoms with E-state index >= 15 is 0 Å². The third-order valence-corrected chi connectivity index (χ3v) is 4.45. The third-order valence-electron chi connectivity index (χ3n) is 4.45. The highest BCUT2D eigenvalue weighted by molar-refractivity contribution is 5.86. The van der Waals surface area contributed by atoms with E-state index in [1.807, 2.05) is 0 Å². The second-order valence-electron chi connectivity index (χ2n) is 7.38. The highest BCUT2D eigenvalue weighted by Crippen LogP contribution is 2.49. The van der Waals surface area contributed by atoms with Crippen LogP contribution in [-0.2, 0) is 21.1 Å². The smallest absolute Gasteiger partial charge is 0.416 e. The Hall–Kier alpha value is -2.29. The lowest BCUT2D eigenvalue weighted by Gasteiger charge is -2.54. The van der Waals surface area contributed by atoms with Crippen molar-refractivity contribution in [1.82, 2.24) is 5.32 Å². The standard InChI is InChI=1S/C17H21F3N2O4/c1-14(2,3)26-13(25)22-16(21)9-8-15(16,12(23)24)10-4-6-11(7-5-10)17(18,19)20/h4-7H,8-9,21H2,1-3H3,(H,22,25)(H,23,24). The number of rotatable bonds is 3. The SMILES string of the molecule is CC(C)(C)OC(=O)NC1(N)CCC1(C(=O)O)c1ccc(C(F)(F)F)cc1. The van der Waals surface area contributed by atoms with Gasteiger partial charge in [-0.3, -0.25) is 4.79 Å². The first-order valence-corrected chi connectivity index (χ1v) is 7.92. The van der Waals surface area contributed by atoms with Crippen LogP contribution in [0.25, 0.3) is 0 Å². The monoisotopic (exact) mass is 374 g/mol. The summed E-state index contributed by atoms with van der Waals surface area (Å²) in [6, 6.07) is 3.75. The zero-order valence-corrected chi connectivity index (χ0v) is 14.6. The van der Waals surface area contributed by atoms with Gasteiger partial charge in [0.25, 0.3) is 0 Å². The number of alkyl carbamates (subject to hydrolysis) is 1. The number of alkyl halides is 3. The fourth-order valence-corrected chi connectivity index (χ4v) is 3.07. The molecule has 0 saturated heterocycles. The summed E-state index contributed by atoms with van der Waals surface area (Å²) in [4.78, 5) is 24.0. The summed E-state index contributed by atoms with van der Waals surface area (Å²) in [5.74, 6) is -1.33. The van der Waals surface area contributed by atoms with E-state index in [1.54, 1.807) is 20.8 Å². The summed E-state index contributed by atoms with van der Waals surface area (Å²) in [7, 11) is 0. The molecule has 0 heterocycles. The first kappa shape index (κ1) is 20.0. The van der Waals surface area contributed by atoms with E-state index in [-0.39, 0.29) is 18.4 Å². The molecule has 1 saturated carbocycles. The average Bonchev–Trinajstić information content (AvgIpc) is 2.43. The average molecular weight is 374 g/mol. The van der Waals surface area contributed by atoms with Crippen LogP contribution in [0, 0.1) is 0 Å². The van der Waals surface area contributed by atoms with E-state index < -0.39 is 40.5 Å². The second-order valence-corrected chi connectivity index (χ2v) is 7.38. The number of nitrogens with one attached hydrogen (secondary N) is 1. The van der Waals surface area contributed by atoms with Crippen LogP contribution in [0.3, 0.4) is 0 Å². The van der Waals surface area contributed by atoms with Crippen molar-refractivity contribution in [2.75, 3.05) is 0 Å². The maximum absolute atomic E-state index is 12.7. The Morgan fingerprint density at radius 1 is 1.15 bits per heavy atom. The molecule has 1 aromatic rings. The molecule has 1 aliphatic rings. The summed E-state index contributed by atoms with van der Waals surface area (Å²) < 4.78 is 43.3. The van der Waals surface area contributed by atoms with E-state index in [9.17, 15) is 27.9 Å². The molecule has 6 nitrogen and oxygen atoms in total. The van der Waals surface area contributed by atoms with Gasteiger partial charge in [-0.05, 0) is 51.3 Å². The minimum atomic E-state index is -4.54. The molecule has 9 heteroatoms. The van der Waals surface area contributed by atoms with Crippen molar-refractivity contribution in [3.63, 3.8) is 0 Å². The van der Waals surface area contributed by atoms with E-state index in [4.69, 9.17) is 10.5 Å². The van der Waals surface area contributed by atoms with Crippen LogP contribution in [0.5, 0.6) is 0 Å². The zero-order chi connectivity index (χ0) is 20.0. The highest BCUT2D eigenvalue weighted by atomic mass is 19.4. The van der Waals surface area contributed by atoms with Crippen molar-refractivity contribution in [3.8, 4) is 0 Å². The Morgan fingerprint density at radius 3 is 2.04 bits per heavy atom. The second kappa shape index (κ2) is 6.15. The molecule has 1 aliphatic carbocycles. The Balaban J connectivity index is 2.35. The van der Waals surface area contributed by atoms with Crippen molar-refractivity contribution >= 4 is 12.1 Å². The van der Waals surface area contributed by atoms with Gasteiger partial charge in [-0.15, -0.1) is 0 Å². The normalized spacial score (nSPS) is 26.0. The third kappa shape index (κ3) is 3.48. The molecule has 2 unspecified atom stereocenters. The van der Waals surface area contributed by atoms with Gasteiger partial charge in [0.05, 0.1) is 5.56 Å². The number of hydrogen-bond acceptors (Lipinski definition) is 4. The number of amides is 1. The maximum atomic E-state index is 12.7. The van der Waals surface area contributed by atoms with Crippen LogP contribution in [0.15, 0.2) is 24.3 Å². The van der Waals surface area contributed by atoms with Crippen molar-refractivity contribution in [1.29, 1.82) is 0 Å². The molecule has 1 aromatic carbocycles. The molecule has 2 atom stereocenters. The molecule has 26 heavy (non-hydrogen) atoms. The minimum absolute atomic E-state index is 0.0694. The van der Waals surface area contributed by atoms with Crippen LogP contribution in [-0.4, -0.2) is 28.4 Å². The quantitative estimate of drug-likeness (QED) is 0.706. The highest BCUT2D eigenvalue weighted by Gasteiger charge is 2.64. The van der Waals surface area contributed by atoms with Gasteiger partial charge in [0.2, 0.25) is 0 Å². The van der Waals surface area contributed by atoms with E-state index in [0.29, 0.717) is 0 Å². The predicted octanol–water partition coefficient (Wildman–Crippen LogP) is 3.00. The van der Waals surface area contributed by atoms with Gasteiger partial charge in [-0.25, -0.2) is 4.79 Å².